The lowest BCUT2D eigenvalue weighted by atomic mass is 9.51. The van der Waals surface area contributed by atoms with Crippen LogP contribution in [-0.2, 0) is 11.3 Å². The van der Waals surface area contributed by atoms with Gasteiger partial charge >= 0.3 is 0 Å². The van der Waals surface area contributed by atoms with Gasteiger partial charge in [-0.15, -0.1) is 10.2 Å². The number of tetrazole rings is 1. The molecule has 6 rings (SSSR count). The number of fused-ring (bicyclic) bond motifs is 5. The third-order valence-corrected chi connectivity index (χ3v) is 9.67. The van der Waals surface area contributed by atoms with Crippen LogP contribution >= 0.6 is 0 Å². The molecule has 1 aromatic heterocycles. The highest BCUT2D eigenvalue weighted by atomic mass is 16.3. The van der Waals surface area contributed by atoms with Crippen molar-refractivity contribution in [3.05, 3.63) is 18.0 Å². The van der Waals surface area contributed by atoms with Crippen LogP contribution in [0, 0.1) is 52.8 Å². The van der Waals surface area contributed by atoms with Crippen LogP contribution in [0.4, 0.5) is 0 Å². The summed E-state index contributed by atoms with van der Waals surface area (Å²) >= 11 is 0. The minimum atomic E-state index is -0.804. The lowest BCUT2D eigenvalue weighted by Gasteiger charge is -2.54. The molecule has 0 bridgehead atoms. The van der Waals surface area contributed by atoms with Crippen LogP contribution in [0.5, 0.6) is 0 Å². The highest BCUT2D eigenvalue weighted by Gasteiger charge is 2.57. The fourth-order valence-electron chi connectivity index (χ4n) is 7.90. The standard InChI is InChI=1S/C26H34N4O2/c1-25-11-9-20-19-10-13-26(32,12-8-17-2-3-17)14-18(19)4-5-21(20)22(25)6-7-23(25)24(31)15-30-28-16-27-29-30/h4,16-17,19-23,32H,2-3,5-7,9-11,13-15H2,1H3. The van der Waals surface area contributed by atoms with Gasteiger partial charge in [-0.25, -0.2) is 0 Å². The zero-order valence-electron chi connectivity index (χ0n) is 19.0. The van der Waals surface area contributed by atoms with Crippen LogP contribution in [0.1, 0.15) is 71.1 Å². The van der Waals surface area contributed by atoms with Gasteiger partial charge in [-0.2, -0.15) is 4.80 Å². The molecule has 6 nitrogen and oxygen atoms in total. The average Bonchev–Trinajstić information content (AvgIpc) is 3.34. The fraction of sp³-hybridized carbons (Fsp3) is 0.769. The first-order valence-corrected chi connectivity index (χ1v) is 12.6. The molecule has 0 aromatic carbocycles. The van der Waals surface area contributed by atoms with E-state index in [0.29, 0.717) is 29.6 Å². The van der Waals surface area contributed by atoms with Crippen molar-refractivity contribution in [3.63, 3.8) is 0 Å². The molecule has 32 heavy (non-hydrogen) atoms. The highest BCUT2D eigenvalue weighted by molar-refractivity contribution is 5.81. The zero-order valence-corrected chi connectivity index (χ0v) is 19.0. The number of Topliss-reactive ketones (excluding diaryl/α,β-unsaturated/α-hetero) is 1. The summed E-state index contributed by atoms with van der Waals surface area (Å²) in [5.74, 6) is 10.1. The second kappa shape index (κ2) is 7.52. The van der Waals surface area contributed by atoms with Gasteiger partial charge in [-0.1, -0.05) is 30.4 Å². The number of carbonyl (C=O) groups excluding carboxylic acids is 1. The van der Waals surface area contributed by atoms with Crippen LogP contribution in [-0.4, -0.2) is 36.7 Å². The topological polar surface area (TPSA) is 80.9 Å². The molecule has 0 saturated heterocycles. The molecule has 7 unspecified atom stereocenters. The summed E-state index contributed by atoms with van der Waals surface area (Å²) in [5.41, 5.74) is 0.757. The number of nitrogens with zero attached hydrogens (tertiary/aromatic N) is 4. The smallest absolute Gasteiger partial charge is 0.162 e. The molecular weight excluding hydrogens is 400 g/mol. The Morgan fingerprint density at radius 1 is 1.19 bits per heavy atom. The van der Waals surface area contributed by atoms with Crippen molar-refractivity contribution < 1.29 is 9.90 Å². The van der Waals surface area contributed by atoms with E-state index in [1.807, 2.05) is 0 Å². The predicted octanol–water partition coefficient (Wildman–Crippen LogP) is 3.58. The van der Waals surface area contributed by atoms with Gasteiger partial charge in [-0.3, -0.25) is 4.79 Å². The largest absolute Gasteiger partial charge is 0.377 e. The van der Waals surface area contributed by atoms with Crippen LogP contribution in [0.15, 0.2) is 18.0 Å². The molecule has 5 aliphatic carbocycles. The first-order valence-electron chi connectivity index (χ1n) is 12.6. The molecule has 1 aromatic rings. The van der Waals surface area contributed by atoms with E-state index in [1.165, 1.54) is 36.0 Å². The normalized spacial score (nSPS) is 42.7. The van der Waals surface area contributed by atoms with E-state index in [2.05, 4.69) is 40.3 Å². The fourth-order valence-corrected chi connectivity index (χ4v) is 7.90. The first-order chi connectivity index (χ1) is 15.5. The van der Waals surface area contributed by atoms with E-state index >= 15 is 0 Å². The molecule has 1 N–H and O–H groups in total. The predicted molar refractivity (Wildman–Crippen MR) is 119 cm³/mol. The molecule has 0 radical (unpaired) electrons. The van der Waals surface area contributed by atoms with Crippen molar-refractivity contribution in [2.24, 2.45) is 40.9 Å². The third kappa shape index (κ3) is 3.44. The molecule has 1 heterocycles. The Kier molecular flexibility index (Phi) is 4.84. The van der Waals surface area contributed by atoms with Crippen LogP contribution in [0.2, 0.25) is 0 Å². The Bertz CT molecular complexity index is 987. The average molecular weight is 435 g/mol. The molecule has 0 aliphatic heterocycles. The van der Waals surface area contributed by atoms with Crippen molar-refractivity contribution >= 4 is 5.78 Å². The number of carbonyl (C=O) groups is 1. The van der Waals surface area contributed by atoms with Gasteiger partial charge in [0.05, 0.1) is 0 Å². The molecule has 4 saturated carbocycles. The Hall–Kier alpha value is -2.00. The van der Waals surface area contributed by atoms with Gasteiger partial charge < -0.3 is 5.11 Å². The molecular formula is C26H34N4O2. The van der Waals surface area contributed by atoms with Crippen LogP contribution in [0.25, 0.3) is 0 Å². The molecule has 6 heteroatoms. The van der Waals surface area contributed by atoms with E-state index in [9.17, 15) is 9.90 Å². The first kappa shape index (κ1) is 20.6. The summed E-state index contributed by atoms with van der Waals surface area (Å²) in [6, 6.07) is 0. The number of ketones is 1. The molecule has 0 amide bonds. The number of hydrogen-bond donors (Lipinski definition) is 1. The zero-order chi connectivity index (χ0) is 21.9. The van der Waals surface area contributed by atoms with Gasteiger partial charge in [0.15, 0.2) is 12.1 Å². The number of aliphatic hydroxyl groups is 1. The van der Waals surface area contributed by atoms with E-state index in [1.54, 1.807) is 0 Å². The van der Waals surface area contributed by atoms with Gasteiger partial charge in [0.2, 0.25) is 0 Å². The van der Waals surface area contributed by atoms with Gasteiger partial charge in [0, 0.05) is 18.3 Å². The lowest BCUT2D eigenvalue weighted by Crippen LogP contribution is -2.48. The Morgan fingerprint density at radius 2 is 2.06 bits per heavy atom. The Morgan fingerprint density at radius 3 is 2.84 bits per heavy atom. The van der Waals surface area contributed by atoms with Crippen molar-refractivity contribution in [2.75, 3.05) is 0 Å². The Balaban J connectivity index is 1.18. The van der Waals surface area contributed by atoms with E-state index in [0.717, 1.165) is 44.9 Å². The number of aromatic nitrogens is 4. The lowest BCUT2D eigenvalue weighted by molar-refractivity contribution is -0.130. The van der Waals surface area contributed by atoms with Crippen molar-refractivity contribution in [1.29, 1.82) is 0 Å². The van der Waals surface area contributed by atoms with Crippen molar-refractivity contribution in [2.45, 2.75) is 83.3 Å². The summed E-state index contributed by atoms with van der Waals surface area (Å²) in [5, 5.41) is 22.8. The van der Waals surface area contributed by atoms with E-state index in [-0.39, 0.29) is 23.7 Å². The third-order valence-electron chi connectivity index (χ3n) is 9.67. The van der Waals surface area contributed by atoms with Crippen LogP contribution < -0.4 is 0 Å². The summed E-state index contributed by atoms with van der Waals surface area (Å²) in [6.07, 6.45) is 14.5. The molecule has 7 atom stereocenters. The summed E-state index contributed by atoms with van der Waals surface area (Å²) in [6.45, 7) is 2.62. The SMILES string of the molecule is CC12CCC3C4CCC(O)(C#CC5CC5)CC4=CCC3C1CCC2C(=O)Cn1ncnn1. The number of rotatable bonds is 3. The molecule has 4 fully saturated rings. The highest BCUT2D eigenvalue weighted by Crippen LogP contribution is 2.63. The van der Waals surface area contributed by atoms with Crippen molar-refractivity contribution in [1.82, 2.24) is 20.2 Å². The van der Waals surface area contributed by atoms with Crippen molar-refractivity contribution in [3.8, 4) is 11.8 Å². The maximum absolute atomic E-state index is 13.2. The van der Waals surface area contributed by atoms with Crippen LogP contribution in [0.3, 0.4) is 0 Å². The summed E-state index contributed by atoms with van der Waals surface area (Å²) in [7, 11) is 0. The quantitative estimate of drug-likeness (QED) is 0.581. The van der Waals surface area contributed by atoms with E-state index in [4.69, 9.17) is 0 Å². The molecule has 5 aliphatic rings. The minimum Gasteiger partial charge on any atom is -0.377 e. The molecule has 170 valence electrons. The summed E-state index contributed by atoms with van der Waals surface area (Å²) in [4.78, 5) is 14.6. The van der Waals surface area contributed by atoms with E-state index < -0.39 is 5.60 Å². The van der Waals surface area contributed by atoms with Gasteiger partial charge in [0.1, 0.15) is 12.1 Å². The monoisotopic (exact) mass is 434 g/mol. The maximum Gasteiger partial charge on any atom is 0.162 e. The minimum absolute atomic E-state index is 0.0926. The summed E-state index contributed by atoms with van der Waals surface area (Å²) < 4.78 is 0. The van der Waals surface area contributed by atoms with Gasteiger partial charge in [-0.05, 0) is 92.1 Å². The number of allylic oxidation sites excluding steroid dienone is 1. The van der Waals surface area contributed by atoms with Gasteiger partial charge in [0.25, 0.3) is 0 Å². The Labute approximate surface area is 190 Å². The second-order valence-corrected chi connectivity index (χ2v) is 11.5. The number of hydrogen-bond acceptors (Lipinski definition) is 5. The molecule has 0 spiro atoms. The second-order valence-electron chi connectivity index (χ2n) is 11.5. The maximum atomic E-state index is 13.2.